The number of aromatic nitrogens is 4. The Morgan fingerprint density at radius 1 is 1.15 bits per heavy atom. The number of hydrogen-bond donors (Lipinski definition) is 5. The molecule has 0 aliphatic rings. The Hall–Kier alpha value is -5.73. The normalized spacial score (nSPS) is 11.8. The van der Waals surface area contributed by atoms with E-state index in [2.05, 4.69) is 34.9 Å². The van der Waals surface area contributed by atoms with E-state index in [0.29, 0.717) is 11.4 Å². The molecule has 6 N–H and O–H groups in total. The molecule has 1 atom stereocenters. The van der Waals surface area contributed by atoms with E-state index < -0.39 is 66.8 Å². The summed E-state index contributed by atoms with van der Waals surface area (Å²) in [5.41, 5.74) is 6.91. The number of fused-ring (bicyclic) bond motifs is 1. The Morgan fingerprint density at radius 3 is 2.47 bits per heavy atom. The van der Waals surface area contributed by atoms with E-state index >= 15 is 0 Å². The van der Waals surface area contributed by atoms with Crippen LogP contribution in [0, 0.1) is 10.1 Å². The number of nitrogens with one attached hydrogen (secondary N) is 2. The Labute approximate surface area is 269 Å². The summed E-state index contributed by atoms with van der Waals surface area (Å²) in [7, 11) is -2.64. The van der Waals surface area contributed by atoms with Crippen LogP contribution < -0.4 is 20.7 Å². The van der Waals surface area contributed by atoms with Crippen molar-refractivity contribution in [3.05, 3.63) is 75.1 Å². The lowest BCUT2D eigenvalue weighted by Crippen LogP contribution is -2.41. The van der Waals surface area contributed by atoms with E-state index in [1.807, 2.05) is 0 Å². The number of rotatable bonds is 13. The van der Waals surface area contributed by atoms with Gasteiger partial charge in [0, 0.05) is 30.4 Å². The molecule has 4 aromatic rings. The maximum atomic E-state index is 12.9. The average Bonchev–Trinajstić information content (AvgIpc) is 3.02. The molecule has 47 heavy (non-hydrogen) atoms. The van der Waals surface area contributed by atoms with Crippen molar-refractivity contribution < 1.29 is 43.0 Å². The van der Waals surface area contributed by atoms with Crippen molar-refractivity contribution in [2.45, 2.75) is 30.3 Å². The van der Waals surface area contributed by atoms with Gasteiger partial charge in [0.2, 0.25) is 5.95 Å². The minimum atomic E-state index is -4.37. The molecule has 0 saturated carbocycles. The summed E-state index contributed by atoms with van der Waals surface area (Å²) in [6.07, 6.45) is 0.668. The van der Waals surface area contributed by atoms with Gasteiger partial charge in [0.15, 0.2) is 17.0 Å². The van der Waals surface area contributed by atoms with Gasteiger partial charge in [-0.15, -0.1) is 0 Å². The highest BCUT2D eigenvalue weighted by Crippen LogP contribution is 2.28. The van der Waals surface area contributed by atoms with E-state index in [1.54, 1.807) is 24.1 Å². The Balaban J connectivity index is 1.44. The highest BCUT2D eigenvalue weighted by atomic mass is 35.5. The molecule has 0 aliphatic carbocycles. The minimum Gasteiger partial charge on any atom is -0.480 e. The molecule has 0 radical (unpaired) electrons. The van der Waals surface area contributed by atoms with Gasteiger partial charge in [0.05, 0.1) is 34.8 Å². The summed E-state index contributed by atoms with van der Waals surface area (Å²) in [6.45, 7) is 0.197. The van der Waals surface area contributed by atoms with Gasteiger partial charge in [-0.3, -0.25) is 14.9 Å². The largest absolute Gasteiger partial charge is 0.480 e. The molecule has 246 valence electrons. The minimum absolute atomic E-state index is 0.0281. The predicted octanol–water partition coefficient (Wildman–Crippen LogP) is 1.98. The van der Waals surface area contributed by atoms with Crippen molar-refractivity contribution in [3.63, 3.8) is 0 Å². The third kappa shape index (κ3) is 8.31. The molecule has 0 fully saturated rings. The number of carbonyl (C=O) groups is 3. The smallest absolute Gasteiger partial charge is 0.342 e. The molecule has 2 aromatic heterocycles. The number of nitrogens with zero attached hydrogens (tertiary/aromatic N) is 6. The summed E-state index contributed by atoms with van der Waals surface area (Å²) in [6, 6.07) is 7.59. The van der Waals surface area contributed by atoms with Crippen LogP contribution in [0.3, 0.4) is 0 Å². The van der Waals surface area contributed by atoms with Crippen LogP contribution in [0.25, 0.3) is 11.2 Å². The molecule has 1 unspecified atom stereocenters. The van der Waals surface area contributed by atoms with E-state index in [-0.39, 0.29) is 35.5 Å². The lowest BCUT2D eigenvalue weighted by atomic mass is 10.1. The molecule has 0 bridgehead atoms. The van der Waals surface area contributed by atoms with E-state index in [9.17, 15) is 38.0 Å². The molecule has 2 heterocycles. The van der Waals surface area contributed by atoms with Crippen LogP contribution >= 0.6 is 11.6 Å². The Morgan fingerprint density at radius 2 is 1.85 bits per heavy atom. The number of sulfonamides is 1. The zero-order valence-corrected chi connectivity index (χ0v) is 25.6. The molecule has 0 spiro atoms. The number of aliphatic carboxylic acids is 1. The summed E-state index contributed by atoms with van der Waals surface area (Å²) in [4.78, 5) is 66.8. The highest BCUT2D eigenvalue weighted by Gasteiger charge is 2.24. The predicted molar refractivity (Wildman–Crippen MR) is 164 cm³/mol. The number of hydrogen-bond acceptors (Lipinski definition) is 15. The first-order valence-electron chi connectivity index (χ1n) is 13.1. The number of nitro benzene ring substituents is 1. The molecular weight excluding hydrogens is 666 g/mol. The van der Waals surface area contributed by atoms with Crippen molar-refractivity contribution in [3.8, 4) is 0 Å². The van der Waals surface area contributed by atoms with Gasteiger partial charge >= 0.3 is 11.9 Å². The third-order valence-corrected chi connectivity index (χ3v) is 8.25. The molecule has 0 aliphatic heterocycles. The van der Waals surface area contributed by atoms with Crippen LogP contribution in [-0.4, -0.2) is 74.6 Å². The van der Waals surface area contributed by atoms with Gasteiger partial charge in [-0.25, -0.2) is 32.7 Å². The van der Waals surface area contributed by atoms with Crippen LogP contribution in [-0.2, 0) is 31.0 Å². The van der Waals surface area contributed by atoms with E-state index in [4.69, 9.17) is 22.6 Å². The molecule has 21 heteroatoms. The molecule has 4 rings (SSSR count). The Kier molecular flexibility index (Phi) is 10.3. The second kappa shape index (κ2) is 14.1. The summed E-state index contributed by atoms with van der Waals surface area (Å²) in [5, 5.41) is 30.5. The number of carboxylic acid groups (broad SMARTS) is 1. The topological polar surface area (TPSA) is 283 Å². The fraction of sp³-hybridized carbons (Fsp3) is 0.192. The maximum absolute atomic E-state index is 12.9. The standard InChI is InChI=1S/C26H24ClN9O10S/c1-35(15-4-2-13(3-5-15)24(38)31-18(25(39)40)7-9-20(37)46-43)12-14-11-29-23-21(30-14)22(28)32-26(33-23)34-47(44,45)19-8-6-16(36(41)42)10-17(19)27/h2-6,8,10-11,18,43H,7,9,12H2,1H3,(H,31,38)(H,39,40)(H3,28,29,32,33,34). The number of amides is 1. The van der Waals surface area contributed by atoms with Crippen molar-refractivity contribution >= 4 is 73.8 Å². The van der Waals surface area contributed by atoms with Crippen LogP contribution in [0.15, 0.2) is 53.6 Å². The van der Waals surface area contributed by atoms with Gasteiger partial charge in [0.1, 0.15) is 10.9 Å². The number of nitro groups is 1. The van der Waals surface area contributed by atoms with E-state index in [1.165, 1.54) is 18.3 Å². The van der Waals surface area contributed by atoms with Gasteiger partial charge in [-0.05, 0) is 36.8 Å². The van der Waals surface area contributed by atoms with Crippen LogP contribution in [0.2, 0.25) is 5.02 Å². The summed E-state index contributed by atoms with van der Waals surface area (Å²) >= 11 is 5.95. The number of nitrogens with two attached hydrogens (primary N) is 1. The SMILES string of the molecule is CN(Cc1cnc2nc(NS(=O)(=O)c3ccc([N+](=O)[O-])cc3Cl)nc(N)c2n1)c1ccc(C(=O)NC(CCC(=O)OO)C(=O)O)cc1. The van der Waals surface area contributed by atoms with Gasteiger partial charge < -0.3 is 25.9 Å². The maximum Gasteiger partial charge on any atom is 0.342 e. The van der Waals surface area contributed by atoms with Crippen LogP contribution in [0.5, 0.6) is 0 Å². The lowest BCUT2D eigenvalue weighted by Gasteiger charge is -2.19. The monoisotopic (exact) mass is 689 g/mol. The first-order valence-corrected chi connectivity index (χ1v) is 15.0. The van der Waals surface area contributed by atoms with Gasteiger partial charge in [-0.2, -0.15) is 15.2 Å². The average molecular weight is 690 g/mol. The molecule has 1 amide bonds. The number of non-ortho nitro benzene ring substituents is 1. The van der Waals surface area contributed by atoms with Crippen molar-refractivity contribution in [2.24, 2.45) is 0 Å². The summed E-state index contributed by atoms with van der Waals surface area (Å²) < 4.78 is 27.8. The van der Waals surface area contributed by atoms with Gasteiger partial charge in [-0.1, -0.05) is 11.6 Å². The molecule has 19 nitrogen and oxygen atoms in total. The fourth-order valence-electron chi connectivity index (χ4n) is 4.09. The summed E-state index contributed by atoms with van der Waals surface area (Å²) in [5.74, 6) is -3.73. The fourth-order valence-corrected chi connectivity index (χ4v) is 5.58. The van der Waals surface area contributed by atoms with Crippen molar-refractivity contribution in [1.82, 2.24) is 25.3 Å². The quantitative estimate of drug-likeness (QED) is 0.0761. The zero-order valence-electron chi connectivity index (χ0n) is 24.0. The first kappa shape index (κ1) is 34.1. The van der Waals surface area contributed by atoms with E-state index in [0.717, 1.165) is 18.2 Å². The number of nitrogen functional groups attached to an aromatic ring is 1. The second-order valence-corrected chi connectivity index (χ2v) is 11.8. The number of carbonyl (C=O) groups excluding carboxylic acids is 2. The Bertz CT molecular complexity index is 1980. The zero-order chi connectivity index (χ0) is 34.5. The first-order chi connectivity index (χ1) is 22.2. The van der Waals surface area contributed by atoms with Crippen molar-refractivity contribution in [2.75, 3.05) is 22.4 Å². The van der Waals surface area contributed by atoms with Crippen LogP contribution in [0.1, 0.15) is 28.9 Å². The number of anilines is 3. The lowest BCUT2D eigenvalue weighted by molar-refractivity contribution is -0.384. The molecule has 0 saturated heterocycles. The van der Waals surface area contributed by atoms with Gasteiger partial charge in [0.25, 0.3) is 21.6 Å². The molecule has 2 aromatic carbocycles. The number of carboxylic acids is 1. The van der Waals surface area contributed by atoms with Crippen LogP contribution in [0.4, 0.5) is 23.1 Å². The number of benzene rings is 2. The second-order valence-electron chi connectivity index (χ2n) is 9.71. The third-order valence-electron chi connectivity index (χ3n) is 6.44. The van der Waals surface area contributed by atoms with Crippen molar-refractivity contribution in [1.29, 1.82) is 0 Å². The highest BCUT2D eigenvalue weighted by molar-refractivity contribution is 7.92. The molecular formula is C26H24ClN9O10S. The number of halogens is 1.